The van der Waals surface area contributed by atoms with E-state index in [1.54, 1.807) is 29.7 Å². The highest BCUT2D eigenvalue weighted by atomic mass is 32.1. The number of piperidine rings is 1. The van der Waals surface area contributed by atoms with Gasteiger partial charge in [-0.1, -0.05) is 12.1 Å². The highest BCUT2D eigenvalue weighted by molar-refractivity contribution is 7.13. The zero-order chi connectivity index (χ0) is 14.7. The third kappa shape index (κ3) is 3.21. The van der Waals surface area contributed by atoms with E-state index < -0.39 is 5.82 Å². The van der Waals surface area contributed by atoms with Gasteiger partial charge in [-0.05, 0) is 25.0 Å². The molecule has 0 spiro atoms. The first-order chi connectivity index (χ1) is 10.2. The van der Waals surface area contributed by atoms with Crippen LogP contribution in [0.1, 0.15) is 23.2 Å². The van der Waals surface area contributed by atoms with Gasteiger partial charge in [-0.15, -0.1) is 11.3 Å². The molecular weight excluding hydrogens is 289 g/mol. The summed E-state index contributed by atoms with van der Waals surface area (Å²) in [4.78, 5) is 18.6. The van der Waals surface area contributed by atoms with Crippen LogP contribution in [-0.4, -0.2) is 30.0 Å². The molecule has 0 radical (unpaired) electrons. The van der Waals surface area contributed by atoms with Crippen LogP contribution in [0.2, 0.25) is 0 Å². The van der Waals surface area contributed by atoms with E-state index in [2.05, 4.69) is 15.2 Å². The first-order valence-corrected chi connectivity index (χ1v) is 7.82. The molecule has 1 aliphatic rings. The highest BCUT2D eigenvalue weighted by Gasteiger charge is 2.23. The maximum atomic E-state index is 13.6. The number of carbonyl (C=O) groups excluding carboxylic acids is 1. The molecule has 3 rings (SSSR count). The predicted octanol–water partition coefficient (Wildman–Crippen LogP) is 2.68. The Hall–Kier alpha value is -1.95. The second-order valence-electron chi connectivity index (χ2n) is 5.03. The molecule has 1 aliphatic heterocycles. The molecule has 1 N–H and O–H groups in total. The van der Waals surface area contributed by atoms with Crippen molar-refractivity contribution in [3.8, 4) is 0 Å². The number of halogens is 1. The predicted molar refractivity (Wildman–Crippen MR) is 81.2 cm³/mol. The number of amides is 1. The SMILES string of the molecule is O=C(NC1CCN(c2nccs2)CC1)c1ccccc1F. The Morgan fingerprint density at radius 1 is 1.33 bits per heavy atom. The molecule has 21 heavy (non-hydrogen) atoms. The number of aromatic nitrogens is 1. The van der Waals surface area contributed by atoms with Crippen molar-refractivity contribution in [3.63, 3.8) is 0 Å². The molecule has 0 atom stereocenters. The van der Waals surface area contributed by atoms with Gasteiger partial charge in [0.15, 0.2) is 5.13 Å². The van der Waals surface area contributed by atoms with Crippen LogP contribution in [0.25, 0.3) is 0 Å². The normalized spacial score (nSPS) is 16.0. The number of rotatable bonds is 3. The van der Waals surface area contributed by atoms with E-state index >= 15 is 0 Å². The molecule has 0 aliphatic carbocycles. The summed E-state index contributed by atoms with van der Waals surface area (Å²) in [6, 6.07) is 6.16. The van der Waals surface area contributed by atoms with Crippen LogP contribution >= 0.6 is 11.3 Å². The zero-order valence-corrected chi connectivity index (χ0v) is 12.3. The fourth-order valence-corrected chi connectivity index (χ4v) is 3.19. The topological polar surface area (TPSA) is 45.2 Å². The lowest BCUT2D eigenvalue weighted by Gasteiger charge is -2.32. The van der Waals surface area contributed by atoms with Crippen LogP contribution in [0.5, 0.6) is 0 Å². The second-order valence-corrected chi connectivity index (χ2v) is 5.90. The smallest absolute Gasteiger partial charge is 0.254 e. The number of hydrogen-bond acceptors (Lipinski definition) is 4. The average Bonchev–Trinajstić information content (AvgIpc) is 3.02. The van der Waals surface area contributed by atoms with Gasteiger partial charge in [-0.2, -0.15) is 0 Å². The molecule has 6 heteroatoms. The van der Waals surface area contributed by atoms with Gasteiger partial charge in [0.05, 0.1) is 5.56 Å². The van der Waals surface area contributed by atoms with Crippen molar-refractivity contribution in [2.75, 3.05) is 18.0 Å². The van der Waals surface area contributed by atoms with Crippen molar-refractivity contribution in [3.05, 3.63) is 47.2 Å². The van der Waals surface area contributed by atoms with Crippen LogP contribution in [0.3, 0.4) is 0 Å². The number of anilines is 1. The summed E-state index contributed by atoms with van der Waals surface area (Å²) in [5.41, 5.74) is 0.111. The maximum Gasteiger partial charge on any atom is 0.254 e. The molecule has 110 valence electrons. The number of hydrogen-bond donors (Lipinski definition) is 1. The van der Waals surface area contributed by atoms with Crippen molar-refractivity contribution >= 4 is 22.4 Å². The zero-order valence-electron chi connectivity index (χ0n) is 11.5. The Balaban J connectivity index is 1.56. The standard InChI is InChI=1S/C15H16FN3OS/c16-13-4-2-1-3-12(13)14(20)18-11-5-8-19(9-6-11)15-17-7-10-21-15/h1-4,7,10-11H,5-6,8-9H2,(H,18,20). The summed E-state index contributed by atoms with van der Waals surface area (Å²) in [5.74, 6) is -0.809. The Labute approximate surface area is 126 Å². The minimum Gasteiger partial charge on any atom is -0.349 e. The van der Waals surface area contributed by atoms with Crippen molar-refractivity contribution in [1.82, 2.24) is 10.3 Å². The van der Waals surface area contributed by atoms with Crippen molar-refractivity contribution in [1.29, 1.82) is 0 Å². The summed E-state index contributed by atoms with van der Waals surface area (Å²) in [6.07, 6.45) is 3.49. The molecule has 1 amide bonds. The van der Waals surface area contributed by atoms with E-state index in [1.165, 1.54) is 12.1 Å². The highest BCUT2D eigenvalue weighted by Crippen LogP contribution is 2.22. The molecule has 4 nitrogen and oxygen atoms in total. The molecule has 0 saturated carbocycles. The third-order valence-corrected chi connectivity index (χ3v) is 4.47. The minimum atomic E-state index is -0.477. The van der Waals surface area contributed by atoms with Gasteiger partial charge in [-0.3, -0.25) is 4.79 Å². The molecule has 1 aromatic heterocycles. The molecule has 1 aromatic carbocycles. The van der Waals surface area contributed by atoms with Gasteiger partial charge in [0.1, 0.15) is 5.82 Å². The van der Waals surface area contributed by atoms with Crippen LogP contribution in [0.15, 0.2) is 35.8 Å². The van der Waals surface area contributed by atoms with Gasteiger partial charge in [0.25, 0.3) is 5.91 Å². The van der Waals surface area contributed by atoms with E-state index in [4.69, 9.17) is 0 Å². The number of carbonyl (C=O) groups is 1. The first kappa shape index (κ1) is 14.0. The number of nitrogens with zero attached hydrogens (tertiary/aromatic N) is 2. The van der Waals surface area contributed by atoms with Crippen molar-refractivity contribution in [2.45, 2.75) is 18.9 Å². The first-order valence-electron chi connectivity index (χ1n) is 6.94. The maximum absolute atomic E-state index is 13.6. The van der Waals surface area contributed by atoms with Crippen LogP contribution < -0.4 is 10.2 Å². The molecule has 0 unspecified atom stereocenters. The lowest BCUT2D eigenvalue weighted by Crippen LogP contribution is -2.44. The summed E-state index contributed by atoms with van der Waals surface area (Å²) in [5, 5.41) is 5.90. The molecule has 2 aromatic rings. The Kier molecular flexibility index (Phi) is 4.15. The van der Waals surface area contributed by atoms with Gasteiger partial charge >= 0.3 is 0 Å². The summed E-state index contributed by atoms with van der Waals surface area (Å²) < 4.78 is 13.6. The fourth-order valence-electron chi connectivity index (χ4n) is 2.50. The molecule has 0 bridgehead atoms. The van der Waals surface area contributed by atoms with E-state index in [9.17, 15) is 9.18 Å². The molecule has 2 heterocycles. The van der Waals surface area contributed by atoms with Crippen LogP contribution in [-0.2, 0) is 0 Å². The lowest BCUT2D eigenvalue weighted by molar-refractivity contribution is 0.0927. The second kappa shape index (κ2) is 6.22. The van der Waals surface area contributed by atoms with E-state index in [0.717, 1.165) is 31.1 Å². The van der Waals surface area contributed by atoms with Gasteiger partial charge < -0.3 is 10.2 Å². The summed E-state index contributed by atoms with van der Waals surface area (Å²) in [6.45, 7) is 1.71. The fraction of sp³-hybridized carbons (Fsp3) is 0.333. The van der Waals surface area contributed by atoms with Crippen LogP contribution in [0.4, 0.5) is 9.52 Å². The van der Waals surface area contributed by atoms with E-state index in [1.807, 2.05) is 5.38 Å². The Morgan fingerprint density at radius 2 is 2.10 bits per heavy atom. The Morgan fingerprint density at radius 3 is 2.76 bits per heavy atom. The minimum absolute atomic E-state index is 0.0910. The largest absolute Gasteiger partial charge is 0.349 e. The average molecular weight is 305 g/mol. The van der Waals surface area contributed by atoms with Gasteiger partial charge in [-0.25, -0.2) is 9.37 Å². The lowest BCUT2D eigenvalue weighted by atomic mass is 10.0. The van der Waals surface area contributed by atoms with Crippen molar-refractivity contribution in [2.24, 2.45) is 0 Å². The number of benzene rings is 1. The quantitative estimate of drug-likeness (QED) is 0.948. The number of thiazole rings is 1. The molecule has 1 fully saturated rings. The summed E-state index contributed by atoms with van der Waals surface area (Å²) >= 11 is 1.62. The van der Waals surface area contributed by atoms with Crippen LogP contribution in [0, 0.1) is 5.82 Å². The van der Waals surface area contributed by atoms with E-state index in [0.29, 0.717) is 0 Å². The monoisotopic (exact) mass is 305 g/mol. The molecule has 1 saturated heterocycles. The van der Waals surface area contributed by atoms with Gasteiger partial charge in [0, 0.05) is 30.7 Å². The van der Waals surface area contributed by atoms with Gasteiger partial charge in [0.2, 0.25) is 0 Å². The van der Waals surface area contributed by atoms with Crippen molar-refractivity contribution < 1.29 is 9.18 Å². The van der Waals surface area contributed by atoms with E-state index in [-0.39, 0.29) is 17.5 Å². The molecular formula is C15H16FN3OS. The Bertz CT molecular complexity index is 609. The number of nitrogens with one attached hydrogen (secondary N) is 1. The third-order valence-electron chi connectivity index (χ3n) is 3.64. The summed E-state index contributed by atoms with van der Waals surface area (Å²) in [7, 11) is 0.